The lowest BCUT2D eigenvalue weighted by atomic mass is 9.96. The number of ketones is 1. The van der Waals surface area contributed by atoms with Crippen LogP contribution in [0.25, 0.3) is 22.2 Å². The summed E-state index contributed by atoms with van der Waals surface area (Å²) in [4.78, 5) is 29.9. The zero-order valence-electron chi connectivity index (χ0n) is 16.1. The van der Waals surface area contributed by atoms with Crippen molar-refractivity contribution in [1.82, 2.24) is 4.98 Å². The molecule has 0 atom stereocenters. The second kappa shape index (κ2) is 7.64. The number of nitrogens with one attached hydrogen (secondary N) is 1. The summed E-state index contributed by atoms with van der Waals surface area (Å²) in [6, 6.07) is 21.1. The largest absolute Gasteiger partial charge is 0.497 e. The van der Waals surface area contributed by atoms with Gasteiger partial charge in [-0.3, -0.25) is 9.59 Å². The molecule has 5 nitrogen and oxygen atoms in total. The molecule has 0 aliphatic rings. The Hall–Kier alpha value is -3.86. The van der Waals surface area contributed by atoms with Crippen LogP contribution in [0.3, 0.4) is 0 Å². The molecule has 144 valence electrons. The highest BCUT2D eigenvalue weighted by atomic mass is 16.5. The summed E-state index contributed by atoms with van der Waals surface area (Å²) in [6.45, 7) is 0. The summed E-state index contributed by atoms with van der Waals surface area (Å²) in [5.74, 6) is 0.995. The fraction of sp³-hybridized carbons (Fsp3) is 0.0833. The maximum Gasteiger partial charge on any atom is 0.201 e. The van der Waals surface area contributed by atoms with Crippen LogP contribution in [0.5, 0.6) is 11.5 Å². The van der Waals surface area contributed by atoms with Gasteiger partial charge < -0.3 is 14.5 Å². The number of para-hydroxylation sites is 1. The number of benzene rings is 3. The summed E-state index contributed by atoms with van der Waals surface area (Å²) in [5, 5.41) is 0.474. The third-order valence-electron chi connectivity index (χ3n) is 4.87. The van der Waals surface area contributed by atoms with Gasteiger partial charge in [0.2, 0.25) is 5.43 Å². The summed E-state index contributed by atoms with van der Waals surface area (Å²) >= 11 is 0. The average Bonchev–Trinajstić information content (AvgIpc) is 2.79. The Morgan fingerprint density at radius 2 is 1.38 bits per heavy atom. The summed E-state index contributed by atoms with van der Waals surface area (Å²) < 4.78 is 10.4. The normalized spacial score (nSPS) is 10.7. The molecular formula is C24H19NO4. The molecule has 0 amide bonds. The minimum absolute atomic E-state index is 0.110. The molecule has 1 N–H and O–H groups in total. The summed E-state index contributed by atoms with van der Waals surface area (Å²) in [6.07, 6.45) is 0. The number of ether oxygens (including phenoxy) is 2. The van der Waals surface area contributed by atoms with E-state index in [9.17, 15) is 9.59 Å². The van der Waals surface area contributed by atoms with E-state index in [-0.39, 0.29) is 16.8 Å². The van der Waals surface area contributed by atoms with E-state index in [1.165, 1.54) is 0 Å². The molecule has 1 aromatic heterocycles. The SMILES string of the molecule is COc1ccc(C(=O)c2c(-c3ccc(OC)cc3)[nH]c3ccccc3c2=O)cc1. The molecule has 29 heavy (non-hydrogen) atoms. The first kappa shape index (κ1) is 18.5. The Kier molecular flexibility index (Phi) is 4.87. The van der Waals surface area contributed by atoms with Crippen molar-refractivity contribution in [1.29, 1.82) is 0 Å². The highest BCUT2D eigenvalue weighted by Crippen LogP contribution is 2.27. The third kappa shape index (κ3) is 3.38. The van der Waals surface area contributed by atoms with Gasteiger partial charge in [-0.05, 0) is 66.2 Å². The van der Waals surface area contributed by atoms with Gasteiger partial charge in [-0.2, -0.15) is 0 Å². The number of hydrogen-bond acceptors (Lipinski definition) is 4. The molecule has 0 unspecified atom stereocenters. The number of fused-ring (bicyclic) bond motifs is 1. The van der Waals surface area contributed by atoms with Crippen LogP contribution in [-0.2, 0) is 0 Å². The molecule has 4 rings (SSSR count). The molecular weight excluding hydrogens is 366 g/mol. The van der Waals surface area contributed by atoms with Crippen LogP contribution in [0.2, 0.25) is 0 Å². The van der Waals surface area contributed by atoms with Crippen molar-refractivity contribution in [2.75, 3.05) is 14.2 Å². The Balaban J connectivity index is 1.95. The Bertz CT molecular complexity index is 1240. The van der Waals surface area contributed by atoms with E-state index in [0.717, 1.165) is 5.56 Å². The number of pyridine rings is 1. The quantitative estimate of drug-likeness (QED) is 0.516. The lowest BCUT2D eigenvalue weighted by Crippen LogP contribution is -2.19. The van der Waals surface area contributed by atoms with Gasteiger partial charge in [0.05, 0.1) is 25.5 Å². The van der Waals surface area contributed by atoms with Gasteiger partial charge in [0.1, 0.15) is 11.5 Å². The van der Waals surface area contributed by atoms with E-state index in [1.807, 2.05) is 24.3 Å². The van der Waals surface area contributed by atoms with Gasteiger partial charge in [0.25, 0.3) is 0 Å². The molecule has 0 radical (unpaired) electrons. The minimum atomic E-state index is -0.342. The van der Waals surface area contributed by atoms with Crippen LogP contribution in [0.1, 0.15) is 15.9 Å². The molecule has 0 aliphatic heterocycles. The number of carbonyl (C=O) groups excluding carboxylic acids is 1. The number of aromatic amines is 1. The standard InChI is InChI=1S/C24H19NO4/c1-28-17-11-7-15(8-12-17)22-21(23(26)16-9-13-18(29-2)14-10-16)24(27)19-5-3-4-6-20(19)25-22/h3-14H,1-2H3,(H,25,27). The van der Waals surface area contributed by atoms with Crippen molar-refractivity contribution >= 4 is 16.7 Å². The first-order chi connectivity index (χ1) is 14.1. The van der Waals surface area contributed by atoms with Crippen molar-refractivity contribution in [3.8, 4) is 22.8 Å². The molecule has 5 heteroatoms. The first-order valence-electron chi connectivity index (χ1n) is 9.10. The van der Waals surface area contributed by atoms with Gasteiger partial charge in [-0.25, -0.2) is 0 Å². The highest BCUT2D eigenvalue weighted by molar-refractivity contribution is 6.13. The zero-order chi connectivity index (χ0) is 20.4. The summed E-state index contributed by atoms with van der Waals surface area (Å²) in [7, 11) is 3.15. The maximum absolute atomic E-state index is 13.3. The number of aromatic nitrogens is 1. The maximum atomic E-state index is 13.3. The van der Waals surface area contributed by atoms with E-state index >= 15 is 0 Å². The number of rotatable bonds is 5. The monoisotopic (exact) mass is 385 g/mol. The first-order valence-corrected chi connectivity index (χ1v) is 9.10. The third-order valence-corrected chi connectivity index (χ3v) is 4.87. The number of H-pyrrole nitrogens is 1. The topological polar surface area (TPSA) is 68.4 Å². The Morgan fingerprint density at radius 1 is 0.793 bits per heavy atom. The van der Waals surface area contributed by atoms with E-state index in [1.54, 1.807) is 62.8 Å². The molecule has 0 bridgehead atoms. The van der Waals surface area contributed by atoms with Gasteiger partial charge in [0, 0.05) is 16.5 Å². The fourth-order valence-corrected chi connectivity index (χ4v) is 3.31. The van der Waals surface area contributed by atoms with Crippen molar-refractivity contribution in [2.24, 2.45) is 0 Å². The van der Waals surface area contributed by atoms with Crippen LogP contribution in [-0.4, -0.2) is 25.0 Å². The molecule has 0 aliphatic carbocycles. The van der Waals surface area contributed by atoms with E-state index in [2.05, 4.69) is 4.98 Å². The van der Waals surface area contributed by atoms with Crippen LogP contribution in [0, 0.1) is 0 Å². The second-order valence-electron chi connectivity index (χ2n) is 6.54. The number of methoxy groups -OCH3 is 2. The molecule has 4 aromatic rings. The van der Waals surface area contributed by atoms with Crippen LogP contribution in [0.15, 0.2) is 77.6 Å². The van der Waals surface area contributed by atoms with Gasteiger partial charge >= 0.3 is 0 Å². The Labute approximate surface area is 167 Å². The van der Waals surface area contributed by atoms with Crippen LogP contribution < -0.4 is 14.9 Å². The van der Waals surface area contributed by atoms with E-state index < -0.39 is 0 Å². The number of hydrogen-bond donors (Lipinski definition) is 1. The lowest BCUT2D eigenvalue weighted by Gasteiger charge is -2.12. The van der Waals surface area contributed by atoms with E-state index in [4.69, 9.17) is 9.47 Å². The second-order valence-corrected chi connectivity index (χ2v) is 6.54. The van der Waals surface area contributed by atoms with Crippen LogP contribution in [0.4, 0.5) is 0 Å². The molecule has 1 heterocycles. The zero-order valence-corrected chi connectivity index (χ0v) is 16.1. The minimum Gasteiger partial charge on any atom is -0.497 e. The average molecular weight is 385 g/mol. The lowest BCUT2D eigenvalue weighted by molar-refractivity contribution is 0.103. The Morgan fingerprint density at radius 3 is 2.00 bits per heavy atom. The van der Waals surface area contributed by atoms with Gasteiger partial charge in [-0.15, -0.1) is 0 Å². The smallest absolute Gasteiger partial charge is 0.201 e. The van der Waals surface area contributed by atoms with Crippen LogP contribution >= 0.6 is 0 Å². The molecule has 0 fully saturated rings. The van der Waals surface area contributed by atoms with Gasteiger partial charge in [0.15, 0.2) is 5.78 Å². The highest BCUT2D eigenvalue weighted by Gasteiger charge is 2.21. The van der Waals surface area contributed by atoms with Gasteiger partial charge in [-0.1, -0.05) is 12.1 Å². The molecule has 0 saturated heterocycles. The number of carbonyl (C=O) groups is 1. The summed E-state index contributed by atoms with van der Waals surface area (Å²) in [5.41, 5.74) is 2.11. The van der Waals surface area contributed by atoms with Crippen molar-refractivity contribution < 1.29 is 14.3 Å². The molecule has 3 aromatic carbocycles. The van der Waals surface area contributed by atoms with Crippen molar-refractivity contribution in [3.63, 3.8) is 0 Å². The predicted octanol–water partition coefficient (Wildman–Crippen LogP) is 4.44. The van der Waals surface area contributed by atoms with E-state index in [0.29, 0.717) is 33.7 Å². The van der Waals surface area contributed by atoms with Crippen molar-refractivity contribution in [3.05, 3.63) is 94.1 Å². The molecule has 0 spiro atoms. The predicted molar refractivity (Wildman–Crippen MR) is 113 cm³/mol. The fourth-order valence-electron chi connectivity index (χ4n) is 3.31. The molecule has 0 saturated carbocycles. The van der Waals surface area contributed by atoms with Crippen molar-refractivity contribution in [2.45, 2.75) is 0 Å².